The molecule has 0 saturated carbocycles. The van der Waals surface area contributed by atoms with Gasteiger partial charge in [-0.05, 0) is 31.0 Å². The van der Waals surface area contributed by atoms with Crippen molar-refractivity contribution in [3.63, 3.8) is 0 Å². The van der Waals surface area contributed by atoms with Gasteiger partial charge in [-0.15, -0.1) is 6.58 Å². The van der Waals surface area contributed by atoms with Gasteiger partial charge in [-0.2, -0.15) is 0 Å². The molecule has 0 aromatic carbocycles. The van der Waals surface area contributed by atoms with Gasteiger partial charge in [0.25, 0.3) is 17.1 Å². The van der Waals surface area contributed by atoms with E-state index in [0.29, 0.717) is 36.4 Å². The second kappa shape index (κ2) is 7.40. The van der Waals surface area contributed by atoms with E-state index in [-0.39, 0.29) is 29.0 Å². The van der Waals surface area contributed by atoms with Crippen molar-refractivity contribution in [3.05, 3.63) is 59.0 Å². The van der Waals surface area contributed by atoms with E-state index in [1.54, 1.807) is 29.0 Å². The van der Waals surface area contributed by atoms with Crippen LogP contribution >= 0.6 is 0 Å². The van der Waals surface area contributed by atoms with Gasteiger partial charge in [0.05, 0.1) is 12.6 Å². The highest BCUT2D eigenvalue weighted by Gasteiger charge is 2.27. The smallest absolute Gasteiger partial charge is 0.278 e. The average molecular weight is 380 g/mol. The summed E-state index contributed by atoms with van der Waals surface area (Å²) in [4.78, 5) is 30.3. The number of carbonyl (C=O) groups excluding carboxylic acids is 1. The molecule has 4 heterocycles. The number of pyridine rings is 2. The molecule has 0 aliphatic carbocycles. The molecule has 4 rings (SSSR count). The maximum atomic E-state index is 13.1. The van der Waals surface area contributed by atoms with Gasteiger partial charge in [0.2, 0.25) is 11.5 Å². The predicted molar refractivity (Wildman–Crippen MR) is 105 cm³/mol. The lowest BCUT2D eigenvalue weighted by atomic mass is 10.1. The molecule has 0 unspecified atom stereocenters. The van der Waals surface area contributed by atoms with E-state index in [4.69, 9.17) is 10.5 Å². The van der Waals surface area contributed by atoms with Gasteiger partial charge in [-0.25, -0.2) is 4.57 Å². The van der Waals surface area contributed by atoms with Crippen LogP contribution in [0.5, 0.6) is 0 Å². The summed E-state index contributed by atoms with van der Waals surface area (Å²) in [5.74, 6) is -0.102. The zero-order valence-corrected chi connectivity index (χ0v) is 15.4. The minimum atomic E-state index is -0.363. The Morgan fingerprint density at radius 3 is 3.11 bits per heavy atom. The summed E-state index contributed by atoms with van der Waals surface area (Å²) in [6.07, 6.45) is 5.08. The summed E-state index contributed by atoms with van der Waals surface area (Å²) in [5.41, 5.74) is 7.32. The first kappa shape index (κ1) is 18.1. The van der Waals surface area contributed by atoms with E-state index < -0.39 is 0 Å². The highest BCUT2D eigenvalue weighted by molar-refractivity contribution is 6.00. The number of hydrogen-bond donors (Lipinski definition) is 2. The summed E-state index contributed by atoms with van der Waals surface area (Å²) in [6.45, 7) is 5.03. The molecule has 0 spiro atoms. The molecule has 1 aliphatic heterocycles. The number of anilines is 1. The molecule has 3 aromatic rings. The van der Waals surface area contributed by atoms with Crippen LogP contribution in [0.3, 0.4) is 0 Å². The molecule has 1 aliphatic rings. The van der Waals surface area contributed by atoms with Gasteiger partial charge in [0.15, 0.2) is 0 Å². The molecule has 144 valence electrons. The third kappa shape index (κ3) is 3.11. The van der Waals surface area contributed by atoms with Crippen molar-refractivity contribution in [2.75, 3.05) is 18.9 Å². The Hall–Kier alpha value is -3.26. The Morgan fingerprint density at radius 2 is 2.36 bits per heavy atom. The molecule has 3 aromatic heterocycles. The second-order valence-corrected chi connectivity index (χ2v) is 6.77. The summed E-state index contributed by atoms with van der Waals surface area (Å²) in [7, 11) is 0. The topological polar surface area (TPSA) is 103 Å². The zero-order chi connectivity index (χ0) is 19.7. The first-order valence-corrected chi connectivity index (χ1v) is 9.24. The number of hydrogen-bond acceptors (Lipinski definition) is 5. The number of fused-ring (bicyclic) bond motifs is 2. The minimum absolute atomic E-state index is 0.0296. The van der Waals surface area contributed by atoms with Crippen molar-refractivity contribution in [2.45, 2.75) is 25.5 Å². The minimum Gasteiger partial charge on any atom is -0.375 e. The van der Waals surface area contributed by atoms with Crippen molar-refractivity contribution < 1.29 is 14.1 Å². The number of nitrogens with one attached hydrogen (secondary N) is 1. The lowest BCUT2D eigenvalue weighted by Crippen LogP contribution is -2.46. The van der Waals surface area contributed by atoms with E-state index in [9.17, 15) is 9.59 Å². The van der Waals surface area contributed by atoms with Crippen molar-refractivity contribution >= 4 is 28.4 Å². The number of amides is 1. The number of aromatic nitrogens is 3. The van der Waals surface area contributed by atoms with Crippen LogP contribution in [0.4, 0.5) is 5.82 Å². The Kier molecular flexibility index (Phi) is 4.79. The third-order valence-corrected chi connectivity index (χ3v) is 4.92. The number of ether oxygens (including phenoxy) is 1. The molecule has 1 atom stereocenters. The molecule has 0 bridgehead atoms. The fourth-order valence-corrected chi connectivity index (χ4v) is 3.52. The van der Waals surface area contributed by atoms with E-state index in [1.165, 1.54) is 10.5 Å². The normalized spacial score (nSPS) is 16.5. The highest BCUT2D eigenvalue weighted by Crippen LogP contribution is 2.18. The SMILES string of the molecule is C=CCNC(=O)c1cc2c(=O)n3ccccc3nc2[n+](C[C@H]2CCCO2)c1N. The van der Waals surface area contributed by atoms with Crippen LogP contribution in [0.1, 0.15) is 23.2 Å². The first-order valence-electron chi connectivity index (χ1n) is 9.24. The lowest BCUT2D eigenvalue weighted by molar-refractivity contribution is -0.666. The van der Waals surface area contributed by atoms with Crippen LogP contribution in [-0.2, 0) is 11.3 Å². The predicted octanol–water partition coefficient (Wildman–Crippen LogP) is 0.812. The van der Waals surface area contributed by atoms with Crippen LogP contribution in [0.25, 0.3) is 16.7 Å². The van der Waals surface area contributed by atoms with Gasteiger partial charge < -0.3 is 15.8 Å². The van der Waals surface area contributed by atoms with E-state index in [2.05, 4.69) is 16.9 Å². The molecular weight excluding hydrogens is 358 g/mol. The summed E-state index contributed by atoms with van der Waals surface area (Å²) >= 11 is 0. The Morgan fingerprint density at radius 1 is 1.50 bits per heavy atom. The lowest BCUT2D eigenvalue weighted by Gasteiger charge is -2.15. The standard InChI is InChI=1S/C20H21N5O3/c1-2-8-22-19(26)14-11-15-18(23-16-7-3-4-9-24(16)20(15)27)25(17(14)21)12-13-6-5-10-28-13/h2-4,7,9,11,13,21H,1,5-6,8,10,12H2,(H,22,26)/p+1/t13-/m1/s1. The van der Waals surface area contributed by atoms with Crippen LogP contribution in [0.2, 0.25) is 0 Å². The zero-order valence-electron chi connectivity index (χ0n) is 15.4. The number of nitrogens with zero attached hydrogens (tertiary/aromatic N) is 3. The molecule has 8 heteroatoms. The summed E-state index contributed by atoms with van der Waals surface area (Å²) in [5, 5.41) is 3.05. The maximum absolute atomic E-state index is 13.1. The number of carbonyl (C=O) groups is 1. The first-order chi connectivity index (χ1) is 13.6. The Bertz CT molecular complexity index is 1130. The fourth-order valence-electron chi connectivity index (χ4n) is 3.52. The quantitative estimate of drug-likeness (QED) is 0.387. The molecular formula is C20H22N5O3+. The molecule has 1 fully saturated rings. The van der Waals surface area contributed by atoms with Gasteiger partial charge in [-0.3, -0.25) is 14.0 Å². The van der Waals surface area contributed by atoms with Crippen LogP contribution in [0, 0.1) is 0 Å². The number of nitrogen functional groups attached to an aromatic ring is 1. The van der Waals surface area contributed by atoms with Gasteiger partial charge in [0.1, 0.15) is 10.9 Å². The molecule has 0 radical (unpaired) electrons. The molecule has 3 N–H and O–H groups in total. The summed E-state index contributed by atoms with van der Waals surface area (Å²) in [6, 6.07) is 6.86. The van der Waals surface area contributed by atoms with Gasteiger partial charge >= 0.3 is 0 Å². The second-order valence-electron chi connectivity index (χ2n) is 6.77. The monoisotopic (exact) mass is 380 g/mol. The van der Waals surface area contributed by atoms with Gasteiger partial charge in [-0.1, -0.05) is 17.1 Å². The van der Waals surface area contributed by atoms with E-state index in [0.717, 1.165) is 12.8 Å². The third-order valence-electron chi connectivity index (χ3n) is 4.92. The van der Waals surface area contributed by atoms with Gasteiger partial charge in [0, 0.05) is 19.3 Å². The average Bonchev–Trinajstić information content (AvgIpc) is 3.22. The summed E-state index contributed by atoms with van der Waals surface area (Å²) < 4.78 is 8.93. The largest absolute Gasteiger partial charge is 0.375 e. The maximum Gasteiger partial charge on any atom is 0.278 e. The van der Waals surface area contributed by atoms with E-state index in [1.807, 2.05) is 6.07 Å². The Labute approximate surface area is 161 Å². The van der Waals surface area contributed by atoms with Crippen molar-refractivity contribution in [1.82, 2.24) is 14.7 Å². The Balaban J connectivity index is 1.97. The highest BCUT2D eigenvalue weighted by atomic mass is 16.5. The molecule has 8 nitrogen and oxygen atoms in total. The number of nitrogens with two attached hydrogens (primary N) is 1. The van der Waals surface area contributed by atoms with Crippen molar-refractivity contribution in [2.24, 2.45) is 0 Å². The number of rotatable bonds is 5. The molecule has 28 heavy (non-hydrogen) atoms. The van der Waals surface area contributed by atoms with Crippen molar-refractivity contribution in [1.29, 1.82) is 0 Å². The van der Waals surface area contributed by atoms with Crippen molar-refractivity contribution in [3.8, 4) is 0 Å². The van der Waals surface area contributed by atoms with Crippen LogP contribution < -0.4 is 21.2 Å². The molecule has 1 saturated heterocycles. The van der Waals surface area contributed by atoms with Crippen LogP contribution in [-0.4, -0.2) is 34.5 Å². The van der Waals surface area contributed by atoms with Crippen LogP contribution in [0.15, 0.2) is 47.9 Å². The molecule has 1 amide bonds. The van der Waals surface area contributed by atoms with E-state index >= 15 is 0 Å². The fraction of sp³-hybridized carbons (Fsp3) is 0.300.